The fourth-order valence-electron chi connectivity index (χ4n) is 3.87. The molecule has 0 aliphatic carbocycles. The Kier molecular flexibility index (Phi) is 4.63. The van der Waals surface area contributed by atoms with Crippen molar-refractivity contribution in [3.63, 3.8) is 0 Å². The quantitative estimate of drug-likeness (QED) is 0.668. The van der Waals surface area contributed by atoms with E-state index in [4.69, 9.17) is 0 Å². The van der Waals surface area contributed by atoms with Gasteiger partial charge in [-0.05, 0) is 42.6 Å². The summed E-state index contributed by atoms with van der Waals surface area (Å²) in [4.78, 5) is 26.9. The molecule has 0 bridgehead atoms. The molecule has 1 amide bonds. The highest BCUT2D eigenvalue weighted by atomic mass is 32.1. The van der Waals surface area contributed by atoms with Gasteiger partial charge >= 0.3 is 0 Å². The van der Waals surface area contributed by atoms with Gasteiger partial charge in [-0.2, -0.15) is 5.10 Å². The molecule has 1 aromatic carbocycles. The summed E-state index contributed by atoms with van der Waals surface area (Å²) >= 11 is 1.62. The average Bonchev–Trinajstić information content (AvgIpc) is 3.42. The van der Waals surface area contributed by atoms with Crippen LogP contribution in [-0.2, 0) is 0 Å². The molecular formula is C21H22N6OS. The fraction of sp³-hybridized carbons (Fsp3) is 0.333. The Bertz CT molecular complexity index is 1070. The Balaban J connectivity index is 1.25. The van der Waals surface area contributed by atoms with E-state index in [0.717, 1.165) is 59.1 Å². The molecule has 0 radical (unpaired) electrons. The summed E-state index contributed by atoms with van der Waals surface area (Å²) in [5.41, 5.74) is 2.91. The van der Waals surface area contributed by atoms with Crippen molar-refractivity contribution in [3.8, 4) is 0 Å². The number of hydrogen-bond donors (Lipinski definition) is 0. The molecule has 0 spiro atoms. The van der Waals surface area contributed by atoms with Crippen LogP contribution in [0, 0.1) is 0 Å². The van der Waals surface area contributed by atoms with Crippen LogP contribution >= 0.6 is 11.3 Å². The summed E-state index contributed by atoms with van der Waals surface area (Å²) in [6.45, 7) is 5.86. The molecule has 5 rings (SSSR count). The van der Waals surface area contributed by atoms with Crippen molar-refractivity contribution in [2.24, 2.45) is 5.10 Å². The number of aromatic nitrogens is 2. The first-order chi connectivity index (χ1) is 14.2. The molecule has 2 aromatic heterocycles. The number of nitrogens with zero attached hydrogens (tertiary/aromatic N) is 6. The van der Waals surface area contributed by atoms with Gasteiger partial charge in [0.25, 0.3) is 5.91 Å². The number of rotatable bonds is 3. The Morgan fingerprint density at radius 3 is 2.52 bits per heavy atom. The molecule has 0 atom stereocenters. The van der Waals surface area contributed by atoms with E-state index in [-0.39, 0.29) is 5.91 Å². The second-order valence-electron chi connectivity index (χ2n) is 7.37. The number of piperazine rings is 1. The van der Waals surface area contributed by atoms with Crippen molar-refractivity contribution in [1.82, 2.24) is 14.9 Å². The van der Waals surface area contributed by atoms with Crippen LogP contribution in [0.1, 0.15) is 23.7 Å². The second-order valence-corrected chi connectivity index (χ2v) is 8.27. The molecule has 1 fully saturated rings. The van der Waals surface area contributed by atoms with Gasteiger partial charge in [0.1, 0.15) is 17.0 Å². The smallest absolute Gasteiger partial charge is 0.253 e. The fourth-order valence-corrected chi connectivity index (χ4v) is 4.60. The van der Waals surface area contributed by atoms with E-state index in [1.54, 1.807) is 17.7 Å². The zero-order valence-electron chi connectivity index (χ0n) is 16.3. The first-order valence-electron chi connectivity index (χ1n) is 9.83. The van der Waals surface area contributed by atoms with E-state index in [0.29, 0.717) is 13.1 Å². The predicted octanol–water partition coefficient (Wildman–Crippen LogP) is 3.24. The van der Waals surface area contributed by atoms with Crippen LogP contribution in [0.3, 0.4) is 0 Å². The molecule has 4 heterocycles. The number of carbonyl (C=O) groups is 1. The van der Waals surface area contributed by atoms with Crippen LogP contribution in [-0.4, -0.2) is 59.2 Å². The Labute approximate surface area is 173 Å². The van der Waals surface area contributed by atoms with Crippen molar-refractivity contribution in [2.75, 3.05) is 42.6 Å². The van der Waals surface area contributed by atoms with Gasteiger partial charge in [0.2, 0.25) is 0 Å². The maximum atomic E-state index is 12.9. The van der Waals surface area contributed by atoms with Gasteiger partial charge < -0.3 is 9.80 Å². The molecule has 2 aliphatic rings. The van der Waals surface area contributed by atoms with Gasteiger partial charge in [0.15, 0.2) is 0 Å². The van der Waals surface area contributed by atoms with Crippen LogP contribution in [0.4, 0.5) is 11.5 Å². The highest BCUT2D eigenvalue weighted by Crippen LogP contribution is 2.27. The van der Waals surface area contributed by atoms with Gasteiger partial charge in [-0.25, -0.2) is 9.97 Å². The molecule has 0 saturated carbocycles. The lowest BCUT2D eigenvalue weighted by Gasteiger charge is -2.35. The number of amides is 1. The zero-order valence-corrected chi connectivity index (χ0v) is 17.1. The molecule has 29 heavy (non-hydrogen) atoms. The van der Waals surface area contributed by atoms with E-state index >= 15 is 0 Å². The van der Waals surface area contributed by atoms with Crippen molar-refractivity contribution < 1.29 is 4.79 Å². The van der Waals surface area contributed by atoms with Crippen LogP contribution < -0.4 is 9.91 Å². The van der Waals surface area contributed by atoms with Crippen molar-refractivity contribution >= 4 is 44.7 Å². The molecule has 3 aromatic rings. The van der Waals surface area contributed by atoms with E-state index in [1.165, 1.54) is 0 Å². The third kappa shape index (κ3) is 3.44. The lowest BCUT2D eigenvalue weighted by atomic mass is 10.1. The van der Waals surface area contributed by atoms with Crippen LogP contribution in [0.2, 0.25) is 0 Å². The maximum absolute atomic E-state index is 12.9. The lowest BCUT2D eigenvalue weighted by Crippen LogP contribution is -2.49. The molecule has 1 saturated heterocycles. The van der Waals surface area contributed by atoms with Crippen molar-refractivity contribution in [2.45, 2.75) is 13.3 Å². The molecule has 2 aliphatic heterocycles. The van der Waals surface area contributed by atoms with E-state index < -0.39 is 0 Å². The summed E-state index contributed by atoms with van der Waals surface area (Å²) in [6.07, 6.45) is 2.62. The molecule has 0 unspecified atom stereocenters. The molecule has 7 nitrogen and oxygen atoms in total. The first kappa shape index (κ1) is 18.1. The number of hydrogen-bond acceptors (Lipinski definition) is 7. The minimum Gasteiger partial charge on any atom is -0.352 e. The molecule has 0 N–H and O–H groups in total. The largest absolute Gasteiger partial charge is 0.352 e. The number of carbonyl (C=O) groups excluding carboxylic acids is 1. The summed E-state index contributed by atoms with van der Waals surface area (Å²) in [5, 5.41) is 9.65. The highest BCUT2D eigenvalue weighted by molar-refractivity contribution is 7.16. The zero-order chi connectivity index (χ0) is 19.8. The first-order valence-corrected chi connectivity index (χ1v) is 10.7. The summed E-state index contributed by atoms with van der Waals surface area (Å²) in [7, 11) is 0. The van der Waals surface area contributed by atoms with Gasteiger partial charge in [0, 0.05) is 50.4 Å². The standard InChI is InChI=1S/C21H22N6OS/c1-15-6-8-27(24-15)17-4-2-16(3-5-17)21(28)26-11-9-25(10-12-26)19-18-7-13-29-20(18)23-14-22-19/h2-5,7,13-14H,6,8-12H2,1H3. The van der Waals surface area contributed by atoms with Gasteiger partial charge in [0.05, 0.1) is 11.1 Å². The number of thiophene rings is 1. The lowest BCUT2D eigenvalue weighted by molar-refractivity contribution is 0.0746. The summed E-state index contributed by atoms with van der Waals surface area (Å²) in [6, 6.07) is 9.86. The monoisotopic (exact) mass is 406 g/mol. The molecule has 148 valence electrons. The molecule has 8 heteroatoms. The Morgan fingerprint density at radius 1 is 1.00 bits per heavy atom. The van der Waals surface area contributed by atoms with Crippen LogP contribution in [0.5, 0.6) is 0 Å². The van der Waals surface area contributed by atoms with Crippen molar-refractivity contribution in [1.29, 1.82) is 0 Å². The third-order valence-electron chi connectivity index (χ3n) is 5.50. The normalized spacial score (nSPS) is 17.1. The minimum absolute atomic E-state index is 0.0840. The number of anilines is 2. The van der Waals surface area contributed by atoms with E-state index in [1.807, 2.05) is 46.5 Å². The summed E-state index contributed by atoms with van der Waals surface area (Å²) < 4.78 is 0. The van der Waals surface area contributed by atoms with Crippen LogP contribution in [0.15, 0.2) is 47.1 Å². The average molecular weight is 407 g/mol. The van der Waals surface area contributed by atoms with Crippen molar-refractivity contribution in [3.05, 3.63) is 47.6 Å². The second kappa shape index (κ2) is 7.44. The van der Waals surface area contributed by atoms with E-state index in [2.05, 4.69) is 26.0 Å². The Hall–Kier alpha value is -3.00. The summed E-state index contributed by atoms with van der Waals surface area (Å²) in [5.74, 6) is 1.05. The SMILES string of the molecule is CC1=NN(c2ccc(C(=O)N3CCN(c4ncnc5sccc45)CC3)cc2)CC1. The predicted molar refractivity (Wildman–Crippen MR) is 117 cm³/mol. The minimum atomic E-state index is 0.0840. The maximum Gasteiger partial charge on any atom is 0.253 e. The topological polar surface area (TPSA) is 64.9 Å². The van der Waals surface area contributed by atoms with Gasteiger partial charge in [-0.15, -0.1) is 11.3 Å². The number of hydrazone groups is 1. The van der Waals surface area contributed by atoms with Crippen LogP contribution in [0.25, 0.3) is 10.2 Å². The van der Waals surface area contributed by atoms with Gasteiger partial charge in [-0.3, -0.25) is 9.80 Å². The number of benzene rings is 1. The third-order valence-corrected chi connectivity index (χ3v) is 6.32. The molecular weight excluding hydrogens is 384 g/mol. The highest BCUT2D eigenvalue weighted by Gasteiger charge is 2.24. The Morgan fingerprint density at radius 2 is 1.79 bits per heavy atom. The number of fused-ring (bicyclic) bond motifs is 1. The van der Waals surface area contributed by atoms with E-state index in [9.17, 15) is 4.79 Å². The van der Waals surface area contributed by atoms with Gasteiger partial charge in [-0.1, -0.05) is 0 Å².